The number of rotatable bonds is 4. The average molecular weight is 196 g/mol. The van der Waals surface area contributed by atoms with Crippen LogP contribution in [-0.4, -0.2) is 35.9 Å². The summed E-state index contributed by atoms with van der Waals surface area (Å²) in [6, 6.07) is 0. The predicted octanol–water partition coefficient (Wildman–Crippen LogP) is 0.948. The van der Waals surface area contributed by atoms with E-state index in [4.69, 9.17) is 0 Å². The fraction of sp³-hybridized carbons (Fsp3) is 0.600. The number of hydrazine groups is 1. The van der Waals surface area contributed by atoms with Crippen molar-refractivity contribution in [3.05, 3.63) is 11.6 Å². The van der Waals surface area contributed by atoms with E-state index in [1.165, 1.54) is 11.1 Å². The van der Waals surface area contributed by atoms with Gasteiger partial charge in [0, 0.05) is 25.7 Å². The zero-order chi connectivity index (χ0) is 10.7. The molecule has 1 rings (SSSR count). The van der Waals surface area contributed by atoms with Crippen LogP contribution in [0.4, 0.5) is 0 Å². The van der Waals surface area contributed by atoms with Crippen molar-refractivity contribution < 1.29 is 9.59 Å². The molecule has 0 fully saturated rings. The van der Waals surface area contributed by atoms with Gasteiger partial charge in [-0.2, -0.15) is 0 Å². The summed E-state index contributed by atoms with van der Waals surface area (Å²) in [6.45, 7) is 2.06. The fourth-order valence-corrected chi connectivity index (χ4v) is 1.43. The lowest BCUT2D eigenvalue weighted by Gasteiger charge is -2.21. The van der Waals surface area contributed by atoms with Crippen LogP contribution in [0.2, 0.25) is 0 Å². The van der Waals surface area contributed by atoms with E-state index in [1.807, 2.05) is 0 Å². The summed E-state index contributed by atoms with van der Waals surface area (Å²) >= 11 is 0. The van der Waals surface area contributed by atoms with E-state index in [1.54, 1.807) is 14.1 Å². The van der Waals surface area contributed by atoms with Crippen molar-refractivity contribution in [3.63, 3.8) is 0 Å². The highest BCUT2D eigenvalue weighted by molar-refractivity contribution is 6.15. The van der Waals surface area contributed by atoms with Crippen LogP contribution < -0.4 is 0 Å². The molecule has 4 heteroatoms. The highest BCUT2D eigenvalue weighted by Crippen LogP contribution is 2.18. The van der Waals surface area contributed by atoms with E-state index in [9.17, 15) is 9.59 Å². The van der Waals surface area contributed by atoms with Crippen LogP contribution in [0.3, 0.4) is 0 Å². The van der Waals surface area contributed by atoms with Crippen molar-refractivity contribution in [2.45, 2.75) is 26.2 Å². The Labute approximate surface area is 84.1 Å². The summed E-state index contributed by atoms with van der Waals surface area (Å²) in [5.74, 6) is -0.403. The Kier molecular flexibility index (Phi) is 3.41. The molecule has 1 aliphatic rings. The van der Waals surface area contributed by atoms with Crippen LogP contribution in [-0.2, 0) is 9.59 Å². The summed E-state index contributed by atoms with van der Waals surface area (Å²) in [7, 11) is 3.37. The smallest absolute Gasteiger partial charge is 0.268 e. The van der Waals surface area contributed by atoms with Crippen molar-refractivity contribution in [1.29, 1.82) is 0 Å². The molecule has 0 radical (unpaired) electrons. The predicted molar refractivity (Wildman–Crippen MR) is 53.1 cm³/mol. The molecule has 0 saturated heterocycles. The molecule has 2 amide bonds. The first kappa shape index (κ1) is 10.9. The lowest BCUT2D eigenvalue weighted by atomic mass is 10.1. The number of nitrogens with zero attached hydrogens (tertiary/aromatic N) is 2. The van der Waals surface area contributed by atoms with Crippen LogP contribution in [0.5, 0.6) is 0 Å². The molecule has 0 saturated carbocycles. The molecule has 78 valence electrons. The van der Waals surface area contributed by atoms with Crippen LogP contribution in [0.15, 0.2) is 11.6 Å². The van der Waals surface area contributed by atoms with Gasteiger partial charge in [0.15, 0.2) is 0 Å². The summed E-state index contributed by atoms with van der Waals surface area (Å²) in [5, 5.41) is 2.67. The van der Waals surface area contributed by atoms with Crippen molar-refractivity contribution in [2.24, 2.45) is 0 Å². The topological polar surface area (TPSA) is 40.6 Å². The van der Waals surface area contributed by atoms with Crippen LogP contribution in [0, 0.1) is 0 Å². The standard InChI is InChI=1S/C10H16N2O2/c1-4-5-6-8-7-9(13)12(10(8)14)11(2)3/h7H,4-6H2,1-3H3. The maximum atomic E-state index is 11.7. The molecule has 1 heterocycles. The Bertz CT molecular complexity index is 282. The molecule has 4 nitrogen and oxygen atoms in total. The minimum absolute atomic E-state index is 0.173. The minimum atomic E-state index is -0.230. The van der Waals surface area contributed by atoms with Crippen LogP contribution in [0.1, 0.15) is 26.2 Å². The molecule has 0 unspecified atom stereocenters. The maximum absolute atomic E-state index is 11.7. The van der Waals surface area contributed by atoms with Gasteiger partial charge in [-0.15, -0.1) is 0 Å². The minimum Gasteiger partial charge on any atom is -0.268 e. The highest BCUT2D eigenvalue weighted by atomic mass is 16.2. The Balaban J connectivity index is 2.69. The van der Waals surface area contributed by atoms with E-state index in [-0.39, 0.29) is 11.8 Å². The van der Waals surface area contributed by atoms with Gasteiger partial charge in [0.25, 0.3) is 11.8 Å². The van der Waals surface area contributed by atoms with Gasteiger partial charge in [-0.1, -0.05) is 13.3 Å². The normalized spacial score (nSPS) is 16.9. The Hall–Kier alpha value is -1.16. The summed E-state index contributed by atoms with van der Waals surface area (Å²) < 4.78 is 0. The van der Waals surface area contributed by atoms with E-state index >= 15 is 0 Å². The summed E-state index contributed by atoms with van der Waals surface area (Å²) in [6.07, 6.45) is 4.12. The zero-order valence-corrected chi connectivity index (χ0v) is 8.91. The SMILES string of the molecule is CCCCC1=CC(=O)N(N(C)C)C1=O. The molecule has 14 heavy (non-hydrogen) atoms. The Morgan fingerprint density at radius 3 is 2.43 bits per heavy atom. The number of hydrogen-bond donors (Lipinski definition) is 0. The molecule has 0 bridgehead atoms. The molecule has 0 aromatic rings. The fourth-order valence-electron chi connectivity index (χ4n) is 1.43. The average Bonchev–Trinajstić information content (AvgIpc) is 2.38. The van der Waals surface area contributed by atoms with Crippen LogP contribution in [0.25, 0.3) is 0 Å². The van der Waals surface area contributed by atoms with Gasteiger partial charge in [-0.3, -0.25) is 9.59 Å². The molecule has 0 spiro atoms. The van der Waals surface area contributed by atoms with Gasteiger partial charge in [-0.05, 0) is 12.8 Å². The van der Waals surface area contributed by atoms with E-state index in [2.05, 4.69) is 6.92 Å². The number of unbranched alkanes of at least 4 members (excludes halogenated alkanes) is 1. The number of carbonyl (C=O) groups excluding carboxylic acids is 2. The van der Waals surface area contributed by atoms with Gasteiger partial charge in [-0.25, -0.2) is 10.0 Å². The van der Waals surface area contributed by atoms with Crippen molar-refractivity contribution >= 4 is 11.8 Å². The first-order valence-electron chi connectivity index (χ1n) is 4.84. The number of hydrogen-bond acceptors (Lipinski definition) is 3. The van der Waals surface area contributed by atoms with Gasteiger partial charge in [0.1, 0.15) is 0 Å². The van der Waals surface area contributed by atoms with Gasteiger partial charge in [0.05, 0.1) is 0 Å². The molecular weight excluding hydrogens is 180 g/mol. The summed E-state index contributed by atoms with van der Waals surface area (Å²) in [5.41, 5.74) is 0.630. The van der Waals surface area contributed by atoms with Crippen molar-refractivity contribution in [1.82, 2.24) is 10.0 Å². The molecule has 0 atom stereocenters. The number of carbonyl (C=O) groups is 2. The van der Waals surface area contributed by atoms with Crippen molar-refractivity contribution in [2.75, 3.05) is 14.1 Å². The van der Waals surface area contributed by atoms with E-state index in [0.717, 1.165) is 17.9 Å². The Morgan fingerprint density at radius 2 is 2.00 bits per heavy atom. The van der Waals surface area contributed by atoms with Gasteiger partial charge < -0.3 is 0 Å². The molecule has 1 aliphatic heterocycles. The maximum Gasteiger partial charge on any atom is 0.271 e. The second kappa shape index (κ2) is 4.37. The number of imide groups is 1. The number of amides is 2. The second-order valence-electron chi connectivity index (χ2n) is 3.58. The van der Waals surface area contributed by atoms with Crippen LogP contribution >= 0.6 is 0 Å². The largest absolute Gasteiger partial charge is 0.271 e. The first-order chi connectivity index (χ1) is 6.57. The van der Waals surface area contributed by atoms with Crippen molar-refractivity contribution in [3.8, 4) is 0 Å². The lowest BCUT2D eigenvalue weighted by Crippen LogP contribution is -2.42. The first-order valence-corrected chi connectivity index (χ1v) is 4.84. The molecule has 0 aromatic heterocycles. The third-order valence-corrected chi connectivity index (χ3v) is 2.17. The molecule has 0 aromatic carbocycles. The lowest BCUT2D eigenvalue weighted by molar-refractivity contribution is -0.151. The zero-order valence-electron chi connectivity index (χ0n) is 8.91. The summed E-state index contributed by atoms with van der Waals surface area (Å²) in [4.78, 5) is 23.0. The van der Waals surface area contributed by atoms with Gasteiger partial charge >= 0.3 is 0 Å². The third-order valence-electron chi connectivity index (χ3n) is 2.17. The molecule has 0 aliphatic carbocycles. The van der Waals surface area contributed by atoms with E-state index < -0.39 is 0 Å². The second-order valence-corrected chi connectivity index (χ2v) is 3.58. The van der Waals surface area contributed by atoms with E-state index in [0.29, 0.717) is 12.0 Å². The quantitative estimate of drug-likeness (QED) is 0.628. The monoisotopic (exact) mass is 196 g/mol. The molecular formula is C10H16N2O2. The Morgan fingerprint density at radius 1 is 1.36 bits per heavy atom. The molecule has 0 N–H and O–H groups in total. The third kappa shape index (κ3) is 2.01. The van der Waals surface area contributed by atoms with Gasteiger partial charge in [0.2, 0.25) is 0 Å². The highest BCUT2D eigenvalue weighted by Gasteiger charge is 2.31.